The maximum atomic E-state index is 15.9. The molecule has 1 aliphatic carbocycles. The van der Waals surface area contributed by atoms with Gasteiger partial charge in [0.25, 0.3) is 0 Å². The Morgan fingerprint density at radius 3 is 2.12 bits per heavy atom. The van der Waals surface area contributed by atoms with Gasteiger partial charge in [0.15, 0.2) is 23.1 Å². The van der Waals surface area contributed by atoms with Crippen molar-refractivity contribution in [3.8, 4) is 5.75 Å². The second-order valence-electron chi connectivity index (χ2n) is 10.7. The first-order valence-corrected chi connectivity index (χ1v) is 13.7. The fraction of sp³-hybridized carbons (Fsp3) is 0.143. The number of nitrogens with zero attached hydrogens (tertiary/aromatic N) is 1. The number of hydrogen-bond donors (Lipinski definition) is 0. The van der Waals surface area contributed by atoms with Gasteiger partial charge < -0.3 is 9.64 Å². The molecule has 2 heterocycles. The monoisotopic (exact) mass is 557 g/mol. The largest absolute Gasteiger partial charge is 0.424 e. The zero-order valence-electron chi connectivity index (χ0n) is 22.5. The highest BCUT2D eigenvalue weighted by molar-refractivity contribution is 6.32. The van der Waals surface area contributed by atoms with Crippen LogP contribution in [0.25, 0.3) is 6.08 Å². The van der Waals surface area contributed by atoms with Crippen LogP contribution in [-0.2, 0) is 4.79 Å². The summed E-state index contributed by atoms with van der Waals surface area (Å²) in [7, 11) is 0. The lowest BCUT2D eigenvalue weighted by molar-refractivity contribution is -0.131. The Bertz CT molecular complexity index is 1810. The smallest absolute Gasteiger partial charge is 0.308 e. The first-order chi connectivity index (χ1) is 20.4. The van der Waals surface area contributed by atoms with Gasteiger partial charge in [-0.25, -0.2) is 4.39 Å². The highest BCUT2D eigenvalue weighted by atomic mass is 19.1. The molecule has 3 aliphatic rings. The number of carbonyl (C=O) groups is 4. The molecule has 0 unspecified atom stereocenters. The Morgan fingerprint density at radius 1 is 0.810 bits per heavy atom. The molecule has 3 atom stereocenters. The normalized spacial score (nSPS) is 21.2. The van der Waals surface area contributed by atoms with E-state index in [0.29, 0.717) is 16.8 Å². The number of Topliss-reactive ketones (excluding diaryl/α,β-unsaturated/α-hetero) is 3. The molecule has 4 aromatic carbocycles. The Kier molecular flexibility index (Phi) is 5.80. The molecule has 0 N–H and O–H groups in total. The molecule has 7 heteroatoms. The molecule has 1 saturated heterocycles. The average molecular weight is 558 g/mol. The van der Waals surface area contributed by atoms with Gasteiger partial charge in [0.1, 0.15) is 17.3 Å². The number of hydrogen-bond acceptors (Lipinski definition) is 6. The molecule has 0 bridgehead atoms. The SMILES string of the molecule is CC(=O)Oc1cccc2c1N1[C@H](C(=O)c3ccccc3)[C@H](c3ccccc3F)C3(C(=O)c4ccccc4C3=O)[C@H]1C=C2. The predicted molar refractivity (Wildman–Crippen MR) is 154 cm³/mol. The second-order valence-corrected chi connectivity index (χ2v) is 10.7. The van der Waals surface area contributed by atoms with Crippen LogP contribution in [-0.4, -0.2) is 35.4 Å². The topological polar surface area (TPSA) is 80.8 Å². The summed E-state index contributed by atoms with van der Waals surface area (Å²) in [5.74, 6) is -3.53. The lowest BCUT2D eigenvalue weighted by Crippen LogP contribution is -2.48. The quantitative estimate of drug-likeness (QED) is 0.131. The molecule has 1 fully saturated rings. The first kappa shape index (κ1) is 25.8. The van der Waals surface area contributed by atoms with E-state index in [9.17, 15) is 19.2 Å². The number of fused-ring (bicyclic) bond motifs is 5. The predicted octanol–water partition coefficient (Wildman–Crippen LogP) is 6.07. The van der Waals surface area contributed by atoms with Crippen molar-refractivity contribution in [2.45, 2.75) is 24.9 Å². The van der Waals surface area contributed by atoms with Gasteiger partial charge in [0.05, 0.1) is 11.7 Å². The number of rotatable bonds is 4. The van der Waals surface area contributed by atoms with Crippen LogP contribution in [0.2, 0.25) is 0 Å². The van der Waals surface area contributed by atoms with Gasteiger partial charge in [-0.15, -0.1) is 0 Å². The van der Waals surface area contributed by atoms with Crippen LogP contribution in [0.5, 0.6) is 5.75 Å². The summed E-state index contributed by atoms with van der Waals surface area (Å²) in [6, 6.07) is 24.1. The van der Waals surface area contributed by atoms with Crippen LogP contribution in [0.1, 0.15) is 55.0 Å². The summed E-state index contributed by atoms with van der Waals surface area (Å²) in [6.45, 7) is 1.27. The van der Waals surface area contributed by atoms with Gasteiger partial charge in [-0.1, -0.05) is 97.1 Å². The number of ether oxygens (including phenoxy) is 1. The molecule has 0 radical (unpaired) electrons. The van der Waals surface area contributed by atoms with Gasteiger partial charge in [-0.05, 0) is 17.7 Å². The summed E-state index contributed by atoms with van der Waals surface area (Å²) in [5, 5.41) is 0. The number of para-hydroxylation sites is 1. The summed E-state index contributed by atoms with van der Waals surface area (Å²) in [4.78, 5) is 57.9. The van der Waals surface area contributed by atoms with Crippen molar-refractivity contribution in [2.75, 3.05) is 4.90 Å². The summed E-state index contributed by atoms with van der Waals surface area (Å²) < 4.78 is 21.5. The number of carbonyl (C=O) groups excluding carboxylic acids is 4. The maximum Gasteiger partial charge on any atom is 0.308 e. The van der Waals surface area contributed by atoms with Gasteiger partial charge in [-0.2, -0.15) is 0 Å². The van der Waals surface area contributed by atoms with Crippen LogP contribution < -0.4 is 9.64 Å². The van der Waals surface area contributed by atoms with E-state index in [1.165, 1.54) is 25.1 Å². The van der Waals surface area contributed by atoms with Gasteiger partial charge >= 0.3 is 5.97 Å². The first-order valence-electron chi connectivity index (χ1n) is 13.7. The fourth-order valence-electron chi connectivity index (χ4n) is 7.06. The van der Waals surface area contributed by atoms with Crippen molar-refractivity contribution in [1.82, 2.24) is 0 Å². The molecule has 0 amide bonds. The minimum atomic E-state index is -1.86. The van der Waals surface area contributed by atoms with Gasteiger partial charge in [0, 0.05) is 35.1 Å². The van der Waals surface area contributed by atoms with E-state index >= 15 is 4.39 Å². The van der Waals surface area contributed by atoms with Crippen molar-refractivity contribution in [3.05, 3.63) is 137 Å². The maximum absolute atomic E-state index is 15.9. The molecule has 2 aliphatic heterocycles. The van der Waals surface area contributed by atoms with Crippen LogP contribution in [0.3, 0.4) is 0 Å². The van der Waals surface area contributed by atoms with Gasteiger partial charge in [0.2, 0.25) is 0 Å². The lowest BCUT2D eigenvalue weighted by atomic mass is 9.64. The molecule has 6 nitrogen and oxygen atoms in total. The van der Waals surface area contributed by atoms with Crippen LogP contribution in [0.15, 0.2) is 103 Å². The Morgan fingerprint density at radius 2 is 1.45 bits per heavy atom. The molecule has 42 heavy (non-hydrogen) atoms. The third-order valence-electron chi connectivity index (χ3n) is 8.61. The van der Waals surface area contributed by atoms with Crippen molar-refractivity contribution in [3.63, 3.8) is 0 Å². The number of ketones is 3. The molecular weight excluding hydrogens is 533 g/mol. The van der Waals surface area contributed by atoms with Crippen molar-refractivity contribution >= 4 is 35.1 Å². The molecule has 0 aromatic heterocycles. The molecule has 7 rings (SSSR count). The van der Waals surface area contributed by atoms with E-state index in [0.717, 1.165) is 0 Å². The van der Waals surface area contributed by atoms with Crippen molar-refractivity contribution in [2.24, 2.45) is 5.41 Å². The van der Waals surface area contributed by atoms with Crippen LogP contribution in [0.4, 0.5) is 10.1 Å². The van der Waals surface area contributed by atoms with Gasteiger partial charge in [-0.3, -0.25) is 19.2 Å². The lowest BCUT2D eigenvalue weighted by Gasteiger charge is -2.37. The summed E-state index contributed by atoms with van der Waals surface area (Å²) in [6.07, 6.45) is 3.51. The highest BCUT2D eigenvalue weighted by Crippen LogP contribution is 2.62. The van der Waals surface area contributed by atoms with E-state index in [4.69, 9.17) is 4.74 Å². The third kappa shape index (κ3) is 3.43. The Labute approximate surface area is 241 Å². The third-order valence-corrected chi connectivity index (χ3v) is 8.61. The van der Waals surface area contributed by atoms with E-state index < -0.39 is 46.8 Å². The van der Waals surface area contributed by atoms with Crippen molar-refractivity contribution < 1.29 is 28.3 Å². The number of benzene rings is 4. The highest BCUT2D eigenvalue weighted by Gasteiger charge is 2.72. The minimum absolute atomic E-state index is 0.0932. The number of anilines is 1. The zero-order valence-corrected chi connectivity index (χ0v) is 22.5. The van der Waals surface area contributed by atoms with E-state index in [-0.39, 0.29) is 28.2 Å². The minimum Gasteiger partial charge on any atom is -0.424 e. The molecule has 4 aromatic rings. The van der Waals surface area contributed by atoms with Crippen molar-refractivity contribution in [1.29, 1.82) is 0 Å². The zero-order chi connectivity index (χ0) is 29.2. The molecule has 206 valence electrons. The Hall–Kier alpha value is -5.17. The van der Waals surface area contributed by atoms with E-state index in [1.54, 1.807) is 95.9 Å². The van der Waals surface area contributed by atoms with Crippen LogP contribution >= 0.6 is 0 Å². The van der Waals surface area contributed by atoms with E-state index in [2.05, 4.69) is 0 Å². The molecule has 1 spiro atoms. The Balaban J connectivity index is 1.58. The second kappa shape index (κ2) is 9.45. The van der Waals surface area contributed by atoms with Crippen LogP contribution in [0, 0.1) is 11.2 Å². The molecule has 0 saturated carbocycles. The number of esters is 1. The average Bonchev–Trinajstić information content (AvgIpc) is 3.43. The van der Waals surface area contributed by atoms with E-state index in [1.807, 2.05) is 0 Å². The number of halogens is 1. The molecular formula is C35H24FNO5. The standard InChI is InChI=1S/C35H24FNO5/c1-20(38)42-27-17-9-12-21-18-19-28-35(33(40)23-13-5-6-14-24(23)34(35)41)29(25-15-7-8-16-26(25)36)31(37(28)30(21)27)32(39)22-10-3-2-4-11-22/h2-19,28-29,31H,1H3/t28-,29+,31+/m1/s1. The fourth-order valence-corrected chi connectivity index (χ4v) is 7.06. The summed E-state index contributed by atoms with van der Waals surface area (Å²) in [5.41, 5.74) is 0.0816. The summed E-state index contributed by atoms with van der Waals surface area (Å²) >= 11 is 0.